The highest BCUT2D eigenvalue weighted by Gasteiger charge is 2.10. The van der Waals surface area contributed by atoms with Crippen LogP contribution in [-0.2, 0) is 9.84 Å². The number of aryl methyl sites for hydroxylation is 1. The molecule has 0 aliphatic heterocycles. The number of anilines is 1. The lowest BCUT2D eigenvalue weighted by Gasteiger charge is -2.05. The molecule has 1 aromatic heterocycles. The summed E-state index contributed by atoms with van der Waals surface area (Å²) in [5, 5.41) is 2.66. The Morgan fingerprint density at radius 1 is 1.10 bits per heavy atom. The van der Waals surface area contributed by atoms with Gasteiger partial charge in [-0.05, 0) is 43.3 Å². The van der Waals surface area contributed by atoms with Crippen LogP contribution >= 0.6 is 0 Å². The smallest absolute Gasteiger partial charge is 0.256 e. The monoisotopic (exact) mass is 290 g/mol. The van der Waals surface area contributed by atoms with Crippen LogP contribution < -0.4 is 5.32 Å². The molecule has 6 heteroatoms. The zero-order valence-corrected chi connectivity index (χ0v) is 11.9. The van der Waals surface area contributed by atoms with Crippen LogP contribution in [0.1, 0.15) is 16.1 Å². The first kappa shape index (κ1) is 14.2. The van der Waals surface area contributed by atoms with Gasteiger partial charge in [-0.1, -0.05) is 6.07 Å². The molecule has 0 bridgehead atoms. The molecule has 2 rings (SSSR count). The molecule has 0 saturated heterocycles. The largest absolute Gasteiger partial charge is 0.307 e. The summed E-state index contributed by atoms with van der Waals surface area (Å²) >= 11 is 0. The molecule has 5 nitrogen and oxygen atoms in total. The van der Waals surface area contributed by atoms with Gasteiger partial charge in [0.25, 0.3) is 5.91 Å². The van der Waals surface area contributed by atoms with E-state index >= 15 is 0 Å². The molecule has 0 aliphatic carbocycles. The van der Waals surface area contributed by atoms with Crippen molar-refractivity contribution < 1.29 is 13.2 Å². The number of carbonyl (C=O) groups is 1. The lowest BCUT2D eigenvalue weighted by Crippen LogP contribution is -2.13. The fourth-order valence-electron chi connectivity index (χ4n) is 1.65. The van der Waals surface area contributed by atoms with Crippen LogP contribution in [0.3, 0.4) is 0 Å². The van der Waals surface area contributed by atoms with Gasteiger partial charge in [0.05, 0.1) is 4.90 Å². The Bertz CT molecular complexity index is 737. The number of aromatic nitrogens is 1. The van der Waals surface area contributed by atoms with Crippen molar-refractivity contribution in [3.8, 4) is 0 Å². The molecule has 0 fully saturated rings. The molecule has 1 aromatic carbocycles. The lowest BCUT2D eigenvalue weighted by molar-refractivity contribution is 0.102. The number of nitrogens with zero attached hydrogens (tertiary/aromatic N) is 1. The Hall–Kier alpha value is -2.21. The Labute approximate surface area is 117 Å². The zero-order valence-electron chi connectivity index (χ0n) is 11.1. The molecule has 2 aromatic rings. The van der Waals surface area contributed by atoms with Gasteiger partial charge in [0.1, 0.15) is 5.82 Å². The van der Waals surface area contributed by atoms with Crippen molar-refractivity contribution in [1.29, 1.82) is 0 Å². The second kappa shape index (κ2) is 5.42. The summed E-state index contributed by atoms with van der Waals surface area (Å²) in [5.74, 6) is 0.130. The average molecular weight is 290 g/mol. The molecule has 0 saturated carbocycles. The van der Waals surface area contributed by atoms with Crippen LogP contribution in [0.5, 0.6) is 0 Å². The maximum atomic E-state index is 12.0. The molecule has 1 amide bonds. The molecule has 1 N–H and O–H groups in total. The number of rotatable bonds is 3. The number of pyridine rings is 1. The fraction of sp³-hybridized carbons (Fsp3) is 0.143. The zero-order chi connectivity index (χ0) is 14.8. The van der Waals surface area contributed by atoms with Gasteiger partial charge >= 0.3 is 0 Å². The third kappa shape index (κ3) is 3.42. The van der Waals surface area contributed by atoms with Gasteiger partial charge in [0.15, 0.2) is 9.84 Å². The number of hydrogen-bond acceptors (Lipinski definition) is 4. The number of benzene rings is 1. The summed E-state index contributed by atoms with van der Waals surface area (Å²) in [6.07, 6.45) is 1.12. The molecule has 0 unspecified atom stereocenters. The summed E-state index contributed by atoms with van der Waals surface area (Å²) in [7, 11) is -3.25. The van der Waals surface area contributed by atoms with Crippen molar-refractivity contribution in [3.05, 3.63) is 53.7 Å². The topological polar surface area (TPSA) is 76.1 Å². The van der Waals surface area contributed by atoms with Crippen LogP contribution in [0.25, 0.3) is 0 Å². The molecular formula is C14H14N2O3S. The van der Waals surface area contributed by atoms with Crippen molar-refractivity contribution in [2.75, 3.05) is 11.6 Å². The molecule has 0 spiro atoms. The minimum atomic E-state index is -3.25. The van der Waals surface area contributed by atoms with Crippen molar-refractivity contribution in [2.45, 2.75) is 11.8 Å². The van der Waals surface area contributed by atoms with Crippen LogP contribution in [0.4, 0.5) is 5.82 Å². The summed E-state index contributed by atoms with van der Waals surface area (Å²) < 4.78 is 22.7. The SMILES string of the molecule is Cc1cccc(NC(=O)c2ccc(S(C)(=O)=O)cc2)n1. The lowest BCUT2D eigenvalue weighted by atomic mass is 10.2. The van der Waals surface area contributed by atoms with Gasteiger partial charge < -0.3 is 5.32 Å². The second-order valence-electron chi connectivity index (χ2n) is 4.41. The molecule has 1 heterocycles. The van der Waals surface area contributed by atoms with E-state index in [0.29, 0.717) is 11.4 Å². The minimum Gasteiger partial charge on any atom is -0.307 e. The number of amides is 1. The summed E-state index contributed by atoms with van der Waals surface area (Å²) in [6.45, 7) is 1.83. The quantitative estimate of drug-likeness (QED) is 0.938. The van der Waals surface area contributed by atoms with Crippen molar-refractivity contribution in [3.63, 3.8) is 0 Å². The van der Waals surface area contributed by atoms with Crippen LogP contribution in [0.2, 0.25) is 0 Å². The Morgan fingerprint density at radius 2 is 1.75 bits per heavy atom. The van der Waals surface area contributed by atoms with Crippen molar-refractivity contribution in [1.82, 2.24) is 4.98 Å². The molecule has 104 valence electrons. The molecule has 0 radical (unpaired) electrons. The van der Waals surface area contributed by atoms with Gasteiger partial charge in [-0.25, -0.2) is 13.4 Å². The maximum Gasteiger partial charge on any atom is 0.256 e. The molecule has 20 heavy (non-hydrogen) atoms. The number of carbonyl (C=O) groups excluding carboxylic acids is 1. The molecule has 0 atom stereocenters. The van der Waals surface area contributed by atoms with Gasteiger partial charge in [-0.3, -0.25) is 4.79 Å². The molecule has 0 aliphatic rings. The first-order chi connectivity index (χ1) is 9.36. The fourth-order valence-corrected chi connectivity index (χ4v) is 2.29. The molecular weight excluding hydrogens is 276 g/mol. The van der Waals surface area contributed by atoms with E-state index in [1.807, 2.05) is 13.0 Å². The van der Waals surface area contributed by atoms with E-state index in [4.69, 9.17) is 0 Å². The summed E-state index contributed by atoms with van der Waals surface area (Å²) in [4.78, 5) is 16.3. The number of hydrogen-bond donors (Lipinski definition) is 1. The Morgan fingerprint density at radius 3 is 2.30 bits per heavy atom. The average Bonchev–Trinajstić information content (AvgIpc) is 2.38. The maximum absolute atomic E-state index is 12.0. The Kier molecular flexibility index (Phi) is 3.85. The predicted molar refractivity (Wildman–Crippen MR) is 76.5 cm³/mol. The standard InChI is InChI=1S/C14H14N2O3S/c1-10-4-3-5-13(15-10)16-14(17)11-6-8-12(9-7-11)20(2,18)19/h3-9H,1-2H3,(H,15,16,17). The highest BCUT2D eigenvalue weighted by atomic mass is 32.2. The number of sulfone groups is 1. The highest BCUT2D eigenvalue weighted by Crippen LogP contribution is 2.12. The summed E-state index contributed by atoms with van der Waals surface area (Å²) in [6, 6.07) is 11.1. The van der Waals surface area contributed by atoms with E-state index in [1.165, 1.54) is 24.3 Å². The van der Waals surface area contributed by atoms with E-state index in [9.17, 15) is 13.2 Å². The van der Waals surface area contributed by atoms with E-state index in [2.05, 4.69) is 10.3 Å². The Balaban J connectivity index is 2.18. The van der Waals surface area contributed by atoms with E-state index in [1.54, 1.807) is 12.1 Å². The van der Waals surface area contributed by atoms with Gasteiger partial charge in [0, 0.05) is 17.5 Å². The number of nitrogens with one attached hydrogen (secondary N) is 1. The van der Waals surface area contributed by atoms with E-state index in [0.717, 1.165) is 11.9 Å². The van der Waals surface area contributed by atoms with Gasteiger partial charge in [-0.15, -0.1) is 0 Å². The summed E-state index contributed by atoms with van der Waals surface area (Å²) in [5.41, 5.74) is 1.18. The van der Waals surface area contributed by atoms with Crippen molar-refractivity contribution in [2.24, 2.45) is 0 Å². The van der Waals surface area contributed by atoms with E-state index in [-0.39, 0.29) is 10.8 Å². The third-order valence-electron chi connectivity index (χ3n) is 2.67. The van der Waals surface area contributed by atoms with Crippen LogP contribution in [0, 0.1) is 6.92 Å². The van der Waals surface area contributed by atoms with Crippen molar-refractivity contribution >= 4 is 21.6 Å². The first-order valence-electron chi connectivity index (χ1n) is 5.91. The first-order valence-corrected chi connectivity index (χ1v) is 7.80. The van der Waals surface area contributed by atoms with Crippen LogP contribution in [-0.4, -0.2) is 25.6 Å². The predicted octanol–water partition coefficient (Wildman–Crippen LogP) is 2.05. The third-order valence-corrected chi connectivity index (χ3v) is 3.80. The van der Waals surface area contributed by atoms with Crippen LogP contribution in [0.15, 0.2) is 47.4 Å². The van der Waals surface area contributed by atoms with Gasteiger partial charge in [-0.2, -0.15) is 0 Å². The second-order valence-corrected chi connectivity index (χ2v) is 6.43. The highest BCUT2D eigenvalue weighted by molar-refractivity contribution is 7.90. The van der Waals surface area contributed by atoms with Gasteiger partial charge in [0.2, 0.25) is 0 Å². The minimum absolute atomic E-state index is 0.183. The van der Waals surface area contributed by atoms with E-state index < -0.39 is 9.84 Å². The normalized spacial score (nSPS) is 11.1.